The number of fused-ring (bicyclic) bond motifs is 1. The van der Waals surface area contributed by atoms with Crippen LogP contribution in [0.4, 0.5) is 0 Å². The minimum atomic E-state index is 0.360. The molecule has 2 aromatic carbocycles. The topological polar surface area (TPSA) is 0 Å². The first-order valence-electron chi connectivity index (χ1n) is 10.2. The van der Waals surface area contributed by atoms with Gasteiger partial charge in [0.1, 0.15) is 0 Å². The van der Waals surface area contributed by atoms with Crippen LogP contribution in [0.3, 0.4) is 0 Å². The van der Waals surface area contributed by atoms with Gasteiger partial charge in [0.05, 0.1) is 0 Å². The van der Waals surface area contributed by atoms with E-state index in [1.165, 1.54) is 62.5 Å². The minimum absolute atomic E-state index is 0.360. The van der Waals surface area contributed by atoms with Crippen molar-refractivity contribution in [2.75, 3.05) is 0 Å². The van der Waals surface area contributed by atoms with Crippen molar-refractivity contribution in [1.29, 1.82) is 0 Å². The van der Waals surface area contributed by atoms with E-state index in [-0.39, 0.29) is 0 Å². The van der Waals surface area contributed by atoms with E-state index in [2.05, 4.69) is 89.2 Å². The molecule has 1 atom stereocenters. The van der Waals surface area contributed by atoms with Crippen molar-refractivity contribution in [1.82, 2.24) is 0 Å². The molecule has 0 aliphatic heterocycles. The van der Waals surface area contributed by atoms with Crippen LogP contribution in [0.5, 0.6) is 0 Å². The highest BCUT2D eigenvalue weighted by molar-refractivity contribution is 5.87. The largest absolute Gasteiger partial charge is 0.0672 e. The number of benzene rings is 2. The third kappa shape index (κ3) is 2.92. The van der Waals surface area contributed by atoms with Gasteiger partial charge in [-0.2, -0.15) is 0 Å². The van der Waals surface area contributed by atoms with Crippen LogP contribution in [0.15, 0.2) is 76.9 Å². The fraction of sp³-hybridized carbons (Fsp3) is 0.296. The van der Waals surface area contributed by atoms with E-state index in [1.807, 2.05) is 0 Å². The first kappa shape index (κ1) is 18.0. The summed E-state index contributed by atoms with van der Waals surface area (Å²) in [5.74, 6) is 1.87. The van der Waals surface area contributed by atoms with Gasteiger partial charge in [-0.15, -0.1) is 0 Å². The van der Waals surface area contributed by atoms with Crippen LogP contribution >= 0.6 is 0 Å². The van der Waals surface area contributed by atoms with Gasteiger partial charge >= 0.3 is 0 Å². The number of hydrogen-bond donors (Lipinski definition) is 0. The Morgan fingerprint density at radius 3 is 2.19 bits per heavy atom. The van der Waals surface area contributed by atoms with Crippen molar-refractivity contribution in [2.45, 2.75) is 53.4 Å². The highest BCUT2D eigenvalue weighted by Gasteiger charge is 2.36. The predicted molar refractivity (Wildman–Crippen MR) is 117 cm³/mol. The Labute approximate surface area is 164 Å². The van der Waals surface area contributed by atoms with E-state index in [0.29, 0.717) is 5.92 Å². The maximum atomic E-state index is 2.50. The minimum Gasteiger partial charge on any atom is -0.0672 e. The average Bonchev–Trinajstić information content (AvgIpc) is 3.14. The molecule has 0 bridgehead atoms. The highest BCUT2D eigenvalue weighted by Crippen LogP contribution is 2.52. The molecule has 0 aromatic heterocycles. The van der Waals surface area contributed by atoms with E-state index in [1.54, 1.807) is 0 Å². The molecule has 0 saturated carbocycles. The van der Waals surface area contributed by atoms with Crippen molar-refractivity contribution < 1.29 is 0 Å². The van der Waals surface area contributed by atoms with Crippen molar-refractivity contribution >= 4 is 5.57 Å². The second kappa shape index (κ2) is 7.00. The predicted octanol–water partition coefficient (Wildman–Crippen LogP) is 7.43. The summed E-state index contributed by atoms with van der Waals surface area (Å²) >= 11 is 0. The van der Waals surface area contributed by atoms with E-state index >= 15 is 0 Å². The molecule has 0 heteroatoms. The molecule has 2 aromatic rings. The molecule has 0 fully saturated rings. The maximum Gasteiger partial charge on any atom is 0.0370 e. The molecule has 2 aliphatic carbocycles. The maximum absolute atomic E-state index is 2.50. The standard InChI is InChI=1S/C27H29/c1-6-10-21-11-9-12-22(15-21)25-16-26(24-14-8-7-13-23(24)25)27-19(4)17(2)18(3)20(27)5/h7-9,11-16,26H,6,10H2,1-5H3. The molecule has 0 spiro atoms. The lowest BCUT2D eigenvalue weighted by molar-refractivity contribution is 0.898. The third-order valence-corrected chi connectivity index (χ3v) is 6.50. The van der Waals surface area contributed by atoms with Crippen molar-refractivity contribution in [3.8, 4) is 0 Å². The smallest absolute Gasteiger partial charge is 0.0370 e. The summed E-state index contributed by atoms with van der Waals surface area (Å²) < 4.78 is 0. The van der Waals surface area contributed by atoms with Crippen molar-refractivity contribution in [3.63, 3.8) is 0 Å². The van der Waals surface area contributed by atoms with E-state index in [9.17, 15) is 0 Å². The van der Waals surface area contributed by atoms with Crippen LogP contribution in [-0.2, 0) is 6.42 Å². The Morgan fingerprint density at radius 1 is 0.778 bits per heavy atom. The third-order valence-electron chi connectivity index (χ3n) is 6.50. The van der Waals surface area contributed by atoms with Crippen LogP contribution in [-0.4, -0.2) is 0 Å². The van der Waals surface area contributed by atoms with Crippen LogP contribution in [0.1, 0.15) is 69.2 Å². The summed E-state index contributed by atoms with van der Waals surface area (Å²) in [6, 6.07) is 18.1. The molecule has 0 amide bonds. The van der Waals surface area contributed by atoms with Gasteiger partial charge in [-0.3, -0.25) is 0 Å². The van der Waals surface area contributed by atoms with Crippen LogP contribution in [0, 0.1) is 5.92 Å². The SMILES string of the molecule is CCCc1cccc(C2=CC([C]3C(C)=C(C)C(C)=C3C)c3ccccc32)c1. The van der Waals surface area contributed by atoms with Crippen LogP contribution in [0.25, 0.3) is 5.57 Å². The van der Waals surface area contributed by atoms with Gasteiger partial charge < -0.3 is 0 Å². The molecule has 1 radical (unpaired) electrons. The van der Waals surface area contributed by atoms with E-state index < -0.39 is 0 Å². The summed E-state index contributed by atoms with van der Waals surface area (Å²) in [4.78, 5) is 0. The molecular weight excluding hydrogens is 324 g/mol. The van der Waals surface area contributed by atoms with Crippen molar-refractivity contribution in [3.05, 3.63) is 105 Å². The molecule has 0 saturated heterocycles. The Morgan fingerprint density at radius 2 is 1.48 bits per heavy atom. The van der Waals surface area contributed by atoms with Crippen LogP contribution in [0.2, 0.25) is 0 Å². The average molecular weight is 354 g/mol. The molecule has 27 heavy (non-hydrogen) atoms. The lowest BCUT2D eigenvalue weighted by Crippen LogP contribution is -2.08. The highest BCUT2D eigenvalue weighted by atomic mass is 14.4. The molecule has 0 heterocycles. The van der Waals surface area contributed by atoms with E-state index in [4.69, 9.17) is 0 Å². The van der Waals surface area contributed by atoms with Crippen molar-refractivity contribution in [2.24, 2.45) is 0 Å². The Bertz CT molecular complexity index is 957. The molecule has 4 rings (SSSR count). The number of aryl methyl sites for hydroxylation is 1. The molecule has 1 unspecified atom stereocenters. The summed E-state index contributed by atoms with van der Waals surface area (Å²) in [5, 5.41) is 0. The quantitative estimate of drug-likeness (QED) is 0.536. The fourth-order valence-corrected chi connectivity index (χ4v) is 4.75. The first-order valence-corrected chi connectivity index (χ1v) is 10.2. The van der Waals surface area contributed by atoms with Gasteiger partial charge in [0.15, 0.2) is 0 Å². The number of rotatable bonds is 4. The van der Waals surface area contributed by atoms with Gasteiger partial charge in [-0.1, -0.05) is 79.1 Å². The molecule has 2 aliphatic rings. The molecule has 0 nitrogen and oxygen atoms in total. The zero-order valence-electron chi connectivity index (χ0n) is 17.2. The fourth-order valence-electron chi connectivity index (χ4n) is 4.75. The Balaban J connectivity index is 1.83. The van der Waals surface area contributed by atoms with Gasteiger partial charge in [0.2, 0.25) is 0 Å². The summed E-state index contributed by atoms with van der Waals surface area (Å²) in [7, 11) is 0. The number of hydrogen-bond acceptors (Lipinski definition) is 0. The second-order valence-corrected chi connectivity index (χ2v) is 8.01. The zero-order valence-corrected chi connectivity index (χ0v) is 17.2. The summed E-state index contributed by atoms with van der Waals surface area (Å²) in [5.41, 5.74) is 12.8. The normalized spacial score (nSPS) is 19.7. The van der Waals surface area contributed by atoms with Crippen LogP contribution < -0.4 is 0 Å². The molecule has 0 N–H and O–H groups in total. The second-order valence-electron chi connectivity index (χ2n) is 8.01. The number of allylic oxidation sites excluding steroid dienone is 5. The molecular formula is C27H29. The first-order chi connectivity index (χ1) is 13.0. The monoisotopic (exact) mass is 353 g/mol. The lowest BCUT2D eigenvalue weighted by Gasteiger charge is -2.22. The Hall–Kier alpha value is -2.34. The van der Waals surface area contributed by atoms with E-state index in [0.717, 1.165) is 6.42 Å². The zero-order chi connectivity index (χ0) is 19.1. The van der Waals surface area contributed by atoms with Gasteiger partial charge in [0.25, 0.3) is 0 Å². The summed E-state index contributed by atoms with van der Waals surface area (Å²) in [6.07, 6.45) is 4.84. The summed E-state index contributed by atoms with van der Waals surface area (Å²) in [6.45, 7) is 11.4. The van der Waals surface area contributed by atoms with Gasteiger partial charge in [-0.25, -0.2) is 0 Å². The molecule has 137 valence electrons. The van der Waals surface area contributed by atoms with Gasteiger partial charge in [-0.05, 0) is 73.1 Å². The lowest BCUT2D eigenvalue weighted by atomic mass is 9.81. The Kier molecular flexibility index (Phi) is 4.68. The van der Waals surface area contributed by atoms with Gasteiger partial charge in [0, 0.05) is 11.8 Å².